The molecule has 0 unspecified atom stereocenters. The molecular weight excluding hydrogens is 442 g/mol. The molecule has 0 saturated carbocycles. The van der Waals surface area contributed by atoms with Crippen molar-refractivity contribution in [3.8, 4) is 0 Å². The molecule has 0 saturated heterocycles. The minimum Gasteiger partial charge on any atom is -0.481 e. The zero-order valence-corrected chi connectivity index (χ0v) is 19.2. The van der Waals surface area contributed by atoms with Crippen LogP contribution in [0.4, 0.5) is 0 Å². The summed E-state index contributed by atoms with van der Waals surface area (Å²) in [6.45, 7) is 3.88. The molecule has 0 radical (unpaired) electrons. The lowest BCUT2D eigenvalue weighted by molar-refractivity contribution is -0.146. The van der Waals surface area contributed by atoms with Crippen molar-refractivity contribution in [2.75, 3.05) is 0 Å². The monoisotopic (exact) mass is 463 g/mol. The van der Waals surface area contributed by atoms with Crippen molar-refractivity contribution in [1.29, 1.82) is 0 Å². The van der Waals surface area contributed by atoms with E-state index < -0.39 is 23.8 Å². The summed E-state index contributed by atoms with van der Waals surface area (Å²) in [7, 11) is 0. The summed E-state index contributed by atoms with van der Waals surface area (Å²) in [6, 6.07) is 22.3. The van der Waals surface area contributed by atoms with Gasteiger partial charge in [-0.1, -0.05) is 71.8 Å². The van der Waals surface area contributed by atoms with Crippen LogP contribution in [0.25, 0.3) is 10.2 Å². The van der Waals surface area contributed by atoms with Crippen LogP contribution in [0, 0.1) is 13.8 Å². The lowest BCUT2D eigenvalue weighted by Crippen LogP contribution is -2.40. The maximum atomic E-state index is 13.6. The van der Waals surface area contributed by atoms with E-state index in [1.54, 1.807) is 24.3 Å². The number of thiazole rings is 1. The van der Waals surface area contributed by atoms with Gasteiger partial charge in [0.05, 0.1) is 16.6 Å². The minimum absolute atomic E-state index is 0.432. The number of benzene rings is 3. The number of rotatable bonds is 7. The number of carboxylic acids is 1. The molecular formula is C25H21NO4S2. The number of carboxylic acid groups (broad SMARTS) is 1. The lowest BCUT2D eigenvalue weighted by atomic mass is 9.71. The lowest BCUT2D eigenvalue weighted by Gasteiger charge is -2.31. The number of carbonyl (C=O) groups is 2. The fourth-order valence-electron chi connectivity index (χ4n) is 3.61. The van der Waals surface area contributed by atoms with Crippen LogP contribution in [0.15, 0.2) is 77.1 Å². The average molecular weight is 464 g/mol. The second kappa shape index (κ2) is 9.14. The molecule has 0 spiro atoms. The fraction of sp³-hybridized carbons (Fsp3) is 0.160. The van der Waals surface area contributed by atoms with Gasteiger partial charge in [-0.25, -0.2) is 9.78 Å². The van der Waals surface area contributed by atoms with Crippen LogP contribution in [-0.4, -0.2) is 22.0 Å². The van der Waals surface area contributed by atoms with Crippen LogP contribution in [0.2, 0.25) is 0 Å². The zero-order valence-electron chi connectivity index (χ0n) is 17.6. The Labute approximate surface area is 194 Å². The van der Waals surface area contributed by atoms with Crippen molar-refractivity contribution in [2.24, 2.45) is 0 Å². The van der Waals surface area contributed by atoms with E-state index in [9.17, 15) is 14.7 Å². The molecule has 0 aliphatic heterocycles. The SMILES string of the molecule is Cc1ccc(C(CC(=O)O)(C(=O)OSc2nc3ccccc3s2)c2ccc(C)cc2)cc1. The van der Waals surface area contributed by atoms with Gasteiger partial charge in [0.25, 0.3) is 0 Å². The second-order valence-corrected chi connectivity index (χ2v) is 9.62. The summed E-state index contributed by atoms with van der Waals surface area (Å²) in [6.07, 6.45) is -0.432. The zero-order chi connectivity index (χ0) is 22.7. The van der Waals surface area contributed by atoms with E-state index in [-0.39, 0.29) is 0 Å². The summed E-state index contributed by atoms with van der Waals surface area (Å²) in [5, 5.41) is 9.79. The van der Waals surface area contributed by atoms with Gasteiger partial charge < -0.3 is 9.29 Å². The number of nitrogens with zero attached hydrogens (tertiary/aromatic N) is 1. The minimum atomic E-state index is -1.49. The van der Waals surface area contributed by atoms with Crippen molar-refractivity contribution in [2.45, 2.75) is 30.0 Å². The number of aromatic nitrogens is 1. The van der Waals surface area contributed by atoms with Crippen LogP contribution < -0.4 is 0 Å². The Morgan fingerprint density at radius 2 is 1.50 bits per heavy atom. The summed E-state index contributed by atoms with van der Waals surface area (Å²) < 4.78 is 7.22. The number of hydrogen-bond acceptors (Lipinski definition) is 6. The van der Waals surface area contributed by atoms with Gasteiger partial charge in [-0.2, -0.15) is 0 Å². The topological polar surface area (TPSA) is 76.5 Å². The van der Waals surface area contributed by atoms with Gasteiger partial charge in [-0.05, 0) is 37.1 Å². The first kappa shape index (κ1) is 22.0. The molecule has 0 aliphatic carbocycles. The molecule has 0 atom stereocenters. The summed E-state index contributed by atoms with van der Waals surface area (Å²) in [5.41, 5.74) is 2.51. The fourth-order valence-corrected chi connectivity index (χ4v) is 5.24. The Balaban J connectivity index is 1.75. The number of carbonyl (C=O) groups excluding carboxylic acids is 1. The number of fused-ring (bicyclic) bond motifs is 1. The summed E-state index contributed by atoms with van der Waals surface area (Å²) in [4.78, 5) is 30.1. The number of aliphatic carboxylic acids is 1. The largest absolute Gasteiger partial charge is 0.481 e. The van der Waals surface area contributed by atoms with Gasteiger partial charge in [0, 0.05) is 0 Å². The average Bonchev–Trinajstić information content (AvgIpc) is 3.20. The maximum absolute atomic E-state index is 13.6. The van der Waals surface area contributed by atoms with Crippen molar-refractivity contribution in [3.05, 3.63) is 95.1 Å². The van der Waals surface area contributed by atoms with E-state index in [0.717, 1.165) is 33.4 Å². The highest BCUT2D eigenvalue weighted by Gasteiger charge is 2.46. The first-order chi connectivity index (χ1) is 15.4. The molecule has 4 aromatic rings. The third-order valence-electron chi connectivity index (χ3n) is 5.32. The predicted molar refractivity (Wildman–Crippen MR) is 127 cm³/mol. The molecule has 32 heavy (non-hydrogen) atoms. The van der Waals surface area contributed by atoms with E-state index >= 15 is 0 Å². The summed E-state index contributed by atoms with van der Waals surface area (Å²) in [5.74, 6) is -1.73. The maximum Gasteiger partial charge on any atom is 0.334 e. The van der Waals surface area contributed by atoms with Crippen molar-refractivity contribution in [3.63, 3.8) is 0 Å². The van der Waals surface area contributed by atoms with Gasteiger partial charge >= 0.3 is 11.9 Å². The van der Waals surface area contributed by atoms with Crippen LogP contribution in [0.5, 0.6) is 0 Å². The molecule has 3 aromatic carbocycles. The Hall–Kier alpha value is -3.16. The van der Waals surface area contributed by atoms with Gasteiger partial charge in [-0.3, -0.25) is 4.79 Å². The predicted octanol–water partition coefficient (Wildman–Crippen LogP) is 5.92. The number of hydrogen-bond donors (Lipinski definition) is 1. The van der Waals surface area contributed by atoms with Crippen LogP contribution in [-0.2, 0) is 19.2 Å². The van der Waals surface area contributed by atoms with E-state index in [0.29, 0.717) is 15.5 Å². The van der Waals surface area contributed by atoms with Crippen molar-refractivity contribution < 1.29 is 18.9 Å². The number of para-hydroxylation sites is 1. The van der Waals surface area contributed by atoms with E-state index in [4.69, 9.17) is 4.18 Å². The Morgan fingerprint density at radius 1 is 0.938 bits per heavy atom. The number of aryl methyl sites for hydroxylation is 2. The normalized spacial score (nSPS) is 11.4. The van der Waals surface area contributed by atoms with Gasteiger partial charge in [0.2, 0.25) is 0 Å². The van der Waals surface area contributed by atoms with Gasteiger partial charge in [-0.15, -0.1) is 11.3 Å². The molecule has 4 rings (SSSR count). The van der Waals surface area contributed by atoms with Crippen LogP contribution in [0.1, 0.15) is 28.7 Å². The first-order valence-electron chi connectivity index (χ1n) is 9.99. The smallest absolute Gasteiger partial charge is 0.334 e. The van der Waals surface area contributed by atoms with E-state index in [1.165, 1.54) is 11.3 Å². The van der Waals surface area contributed by atoms with Crippen LogP contribution in [0.3, 0.4) is 0 Å². The first-order valence-corrected chi connectivity index (χ1v) is 11.5. The van der Waals surface area contributed by atoms with Crippen molar-refractivity contribution >= 4 is 45.5 Å². The Morgan fingerprint density at radius 3 is 2.03 bits per heavy atom. The van der Waals surface area contributed by atoms with E-state index in [2.05, 4.69) is 4.98 Å². The standard InChI is InChI=1S/C25H21NO4S2/c1-16-7-11-18(12-8-16)25(15-22(27)28,19-13-9-17(2)10-14-19)23(29)30-32-24-26-20-5-3-4-6-21(20)31-24/h3-14H,15H2,1-2H3,(H,27,28). The van der Waals surface area contributed by atoms with Gasteiger partial charge in [0.15, 0.2) is 4.34 Å². The molecule has 5 nitrogen and oxygen atoms in total. The molecule has 162 valence electrons. The molecule has 0 bridgehead atoms. The quantitative estimate of drug-likeness (QED) is 0.343. The highest BCUT2D eigenvalue weighted by molar-refractivity contribution is 7.97. The molecule has 1 heterocycles. The van der Waals surface area contributed by atoms with Gasteiger partial charge in [0.1, 0.15) is 17.5 Å². The molecule has 1 aromatic heterocycles. The van der Waals surface area contributed by atoms with E-state index in [1.807, 2.05) is 62.4 Å². The van der Waals surface area contributed by atoms with Crippen molar-refractivity contribution in [1.82, 2.24) is 4.98 Å². The molecule has 0 aliphatic rings. The molecule has 0 amide bonds. The Kier molecular flexibility index (Phi) is 6.30. The summed E-state index contributed by atoms with van der Waals surface area (Å²) >= 11 is 2.29. The second-order valence-electron chi connectivity index (χ2n) is 7.61. The van der Waals surface area contributed by atoms with Crippen LogP contribution >= 0.6 is 23.4 Å². The molecule has 7 heteroatoms. The third-order valence-corrected chi connectivity index (χ3v) is 7.07. The Bertz CT molecular complexity index is 1180. The molecule has 0 fully saturated rings. The highest BCUT2D eigenvalue weighted by atomic mass is 32.2. The third kappa shape index (κ3) is 4.40. The molecule has 1 N–H and O–H groups in total. The highest BCUT2D eigenvalue weighted by Crippen LogP contribution is 2.40.